The van der Waals surface area contributed by atoms with Gasteiger partial charge in [0.1, 0.15) is 5.75 Å². The lowest BCUT2D eigenvalue weighted by Crippen LogP contribution is -2.38. The van der Waals surface area contributed by atoms with E-state index < -0.39 is 11.8 Å². The molecule has 1 saturated heterocycles. The molecule has 26 heavy (non-hydrogen) atoms. The Kier molecular flexibility index (Phi) is 5.98. The van der Waals surface area contributed by atoms with E-state index >= 15 is 0 Å². The third kappa shape index (κ3) is 4.27. The molecule has 3 rings (SSSR count). The maximum Gasteiger partial charge on any atom is 0.273 e. The molecular formula is C18H11Cl2NO3S2. The number of thiocarbonyl (C=S) groups is 1. The molecule has 0 spiro atoms. The number of halogens is 2. The number of hydrogen-bond donors (Lipinski definition) is 0. The maximum absolute atomic E-state index is 12.5. The topological polar surface area (TPSA) is 46.6 Å². The number of carbonyl (C=O) groups excluding carboxylic acids is 2. The molecule has 0 atom stereocenters. The molecule has 2 aromatic rings. The Morgan fingerprint density at radius 3 is 2.62 bits per heavy atom. The van der Waals surface area contributed by atoms with E-state index in [0.29, 0.717) is 15.7 Å². The van der Waals surface area contributed by atoms with Crippen LogP contribution in [0.5, 0.6) is 5.75 Å². The first-order valence-electron chi connectivity index (χ1n) is 7.39. The zero-order valence-corrected chi connectivity index (χ0v) is 16.3. The first-order chi connectivity index (χ1) is 12.5. The Morgan fingerprint density at radius 1 is 1.19 bits per heavy atom. The summed E-state index contributed by atoms with van der Waals surface area (Å²) < 4.78 is 5.57. The van der Waals surface area contributed by atoms with Crippen molar-refractivity contribution in [3.8, 4) is 5.75 Å². The van der Waals surface area contributed by atoms with Crippen molar-refractivity contribution in [1.82, 2.24) is 4.90 Å². The van der Waals surface area contributed by atoms with Crippen LogP contribution in [-0.2, 0) is 9.59 Å². The highest BCUT2D eigenvalue weighted by Crippen LogP contribution is 2.33. The molecule has 1 heterocycles. The predicted octanol–water partition coefficient (Wildman–Crippen LogP) is 4.80. The summed E-state index contributed by atoms with van der Waals surface area (Å²) in [5, 5.41) is 0.733. The largest absolute Gasteiger partial charge is 0.482 e. The van der Waals surface area contributed by atoms with Gasteiger partial charge in [0.25, 0.3) is 11.8 Å². The number of imide groups is 1. The summed E-state index contributed by atoms with van der Waals surface area (Å²) in [6, 6.07) is 14.0. The minimum Gasteiger partial charge on any atom is -0.482 e. The molecular weight excluding hydrogens is 413 g/mol. The summed E-state index contributed by atoms with van der Waals surface area (Å²) in [4.78, 5) is 26.2. The molecule has 0 aliphatic carbocycles. The third-order valence-electron chi connectivity index (χ3n) is 3.39. The van der Waals surface area contributed by atoms with Crippen LogP contribution in [-0.4, -0.2) is 27.6 Å². The van der Waals surface area contributed by atoms with Crippen LogP contribution in [0.1, 0.15) is 5.56 Å². The molecule has 132 valence electrons. The van der Waals surface area contributed by atoms with Crippen LogP contribution < -0.4 is 4.74 Å². The van der Waals surface area contributed by atoms with Gasteiger partial charge < -0.3 is 4.74 Å². The van der Waals surface area contributed by atoms with E-state index in [-0.39, 0.29) is 16.0 Å². The van der Waals surface area contributed by atoms with Gasteiger partial charge in [-0.25, -0.2) is 4.90 Å². The molecule has 1 aliphatic heterocycles. The Morgan fingerprint density at radius 2 is 1.92 bits per heavy atom. The first kappa shape index (κ1) is 18.9. The molecule has 0 N–H and O–H groups in total. The van der Waals surface area contributed by atoms with Gasteiger partial charge >= 0.3 is 0 Å². The van der Waals surface area contributed by atoms with Gasteiger partial charge in [-0.1, -0.05) is 77.5 Å². The highest BCUT2D eigenvalue weighted by Gasteiger charge is 2.37. The van der Waals surface area contributed by atoms with Gasteiger partial charge in [-0.15, -0.1) is 0 Å². The molecule has 2 amide bonds. The van der Waals surface area contributed by atoms with E-state index in [2.05, 4.69) is 0 Å². The molecule has 8 heteroatoms. The van der Waals surface area contributed by atoms with E-state index in [1.807, 2.05) is 30.3 Å². The van der Waals surface area contributed by atoms with Gasteiger partial charge in [0, 0.05) is 5.02 Å². The van der Waals surface area contributed by atoms with Crippen LogP contribution in [0.4, 0.5) is 0 Å². The van der Waals surface area contributed by atoms with Crippen LogP contribution in [0.15, 0.2) is 53.4 Å². The highest BCUT2D eigenvalue weighted by molar-refractivity contribution is 8.26. The normalized spacial score (nSPS) is 15.6. The molecule has 0 aromatic heterocycles. The second-order valence-electron chi connectivity index (χ2n) is 5.18. The van der Waals surface area contributed by atoms with Gasteiger partial charge in [-0.05, 0) is 29.8 Å². The lowest BCUT2D eigenvalue weighted by molar-refractivity contribution is -0.137. The van der Waals surface area contributed by atoms with Gasteiger partial charge in [-0.3, -0.25) is 9.59 Å². The molecule has 4 nitrogen and oxygen atoms in total. The van der Waals surface area contributed by atoms with Crippen LogP contribution in [0.25, 0.3) is 6.08 Å². The third-order valence-corrected chi connectivity index (χ3v) is 5.22. The van der Waals surface area contributed by atoms with Gasteiger partial charge in [-0.2, -0.15) is 0 Å². The van der Waals surface area contributed by atoms with Crippen molar-refractivity contribution in [3.05, 3.63) is 69.0 Å². The number of ether oxygens (including phenoxy) is 1. The molecule has 0 radical (unpaired) electrons. The van der Waals surface area contributed by atoms with Crippen LogP contribution >= 0.6 is 47.2 Å². The van der Waals surface area contributed by atoms with Crippen LogP contribution in [0, 0.1) is 0 Å². The fourth-order valence-electron chi connectivity index (χ4n) is 2.18. The quantitative estimate of drug-likeness (QED) is 0.521. The lowest BCUT2D eigenvalue weighted by atomic mass is 10.2. The van der Waals surface area contributed by atoms with Crippen molar-refractivity contribution in [1.29, 1.82) is 0 Å². The van der Waals surface area contributed by atoms with Crippen molar-refractivity contribution in [2.24, 2.45) is 0 Å². The monoisotopic (exact) mass is 423 g/mol. The van der Waals surface area contributed by atoms with Crippen molar-refractivity contribution in [3.63, 3.8) is 0 Å². The summed E-state index contributed by atoms with van der Waals surface area (Å²) in [5.41, 5.74) is 0.852. The van der Waals surface area contributed by atoms with E-state index in [4.69, 9.17) is 40.2 Å². The summed E-state index contributed by atoms with van der Waals surface area (Å²) in [6.45, 7) is -0.369. The molecule has 0 saturated carbocycles. The van der Waals surface area contributed by atoms with Crippen molar-refractivity contribution in [2.75, 3.05) is 6.61 Å². The van der Waals surface area contributed by atoms with E-state index in [9.17, 15) is 9.59 Å². The number of carbonyl (C=O) groups is 2. The summed E-state index contributed by atoms with van der Waals surface area (Å²) >= 11 is 18.1. The molecule has 2 aromatic carbocycles. The average molecular weight is 424 g/mol. The number of hydrogen-bond acceptors (Lipinski definition) is 5. The van der Waals surface area contributed by atoms with Gasteiger partial charge in [0.15, 0.2) is 10.9 Å². The Labute approximate surface area is 169 Å². The standard InChI is InChI=1S/C18H11Cl2NO3S2/c19-12-6-7-14(13(20)9-12)24-10-16(22)21-17(23)15(26-18(21)25)8-11-4-2-1-3-5-11/h1-9H,10H2. The summed E-state index contributed by atoms with van der Waals surface area (Å²) in [5.74, 6) is -0.718. The SMILES string of the molecule is O=C(COc1ccc(Cl)cc1Cl)N1C(=O)C(=Cc2ccccc2)SC1=S. The fourth-order valence-corrected chi connectivity index (χ4v) is 3.93. The number of rotatable bonds is 4. The van der Waals surface area contributed by atoms with Crippen LogP contribution in [0.3, 0.4) is 0 Å². The Bertz CT molecular complexity index is 916. The van der Waals surface area contributed by atoms with Crippen molar-refractivity contribution >= 4 is 69.4 Å². The van der Waals surface area contributed by atoms with Crippen LogP contribution in [0.2, 0.25) is 10.0 Å². The Balaban J connectivity index is 1.70. The van der Waals surface area contributed by atoms with Gasteiger partial charge in [0.05, 0.1) is 9.93 Å². The molecule has 1 fully saturated rings. The summed E-state index contributed by atoms with van der Waals surface area (Å²) in [6.07, 6.45) is 1.70. The minimum absolute atomic E-state index is 0.174. The first-order valence-corrected chi connectivity index (χ1v) is 9.37. The smallest absolute Gasteiger partial charge is 0.273 e. The van der Waals surface area contributed by atoms with Crippen molar-refractivity contribution in [2.45, 2.75) is 0 Å². The summed E-state index contributed by atoms with van der Waals surface area (Å²) in [7, 11) is 0. The lowest BCUT2D eigenvalue weighted by Gasteiger charge is -2.13. The van der Waals surface area contributed by atoms with E-state index in [1.54, 1.807) is 18.2 Å². The Hall–Kier alpha value is -1.86. The van der Waals surface area contributed by atoms with Gasteiger partial charge in [0.2, 0.25) is 0 Å². The maximum atomic E-state index is 12.5. The number of amides is 2. The predicted molar refractivity (Wildman–Crippen MR) is 108 cm³/mol. The minimum atomic E-state index is -0.560. The molecule has 0 bridgehead atoms. The number of thioether (sulfide) groups is 1. The average Bonchev–Trinajstić information content (AvgIpc) is 2.88. The number of benzene rings is 2. The second-order valence-corrected chi connectivity index (χ2v) is 7.70. The zero-order chi connectivity index (χ0) is 18.7. The number of nitrogens with zero attached hydrogens (tertiary/aromatic N) is 1. The second kappa shape index (κ2) is 8.22. The molecule has 1 aliphatic rings. The molecule has 0 unspecified atom stereocenters. The van der Waals surface area contributed by atoms with E-state index in [0.717, 1.165) is 22.2 Å². The van der Waals surface area contributed by atoms with E-state index in [1.165, 1.54) is 6.07 Å². The highest BCUT2D eigenvalue weighted by atomic mass is 35.5. The zero-order valence-electron chi connectivity index (χ0n) is 13.1. The fraction of sp³-hybridized carbons (Fsp3) is 0.0556. The van der Waals surface area contributed by atoms with Crippen molar-refractivity contribution < 1.29 is 14.3 Å².